The predicted octanol–water partition coefficient (Wildman–Crippen LogP) is -4.86. The molecule has 1 aliphatic rings. The molecule has 0 radical (unpaired) electrons. The molecule has 1 rings (SSSR count). The van der Waals surface area contributed by atoms with Gasteiger partial charge >= 0.3 is 31.2 Å². The number of carboxylic acids is 1. The van der Waals surface area contributed by atoms with Crippen molar-refractivity contribution in [3.05, 3.63) is 0 Å². The monoisotopic (exact) mass is 308 g/mol. The highest BCUT2D eigenvalue weighted by Gasteiger charge is 2.48. The second kappa shape index (κ2) is 6.49. The van der Waals surface area contributed by atoms with Crippen LogP contribution in [0.2, 0.25) is 0 Å². The molecule has 0 spiro atoms. The van der Waals surface area contributed by atoms with E-state index in [0.717, 1.165) is 0 Å². The van der Waals surface area contributed by atoms with E-state index in [-0.39, 0.29) is 0 Å². The molecule has 0 aliphatic carbocycles. The van der Waals surface area contributed by atoms with E-state index >= 15 is 0 Å². The minimum absolute atomic E-state index is 1.57. The summed E-state index contributed by atoms with van der Waals surface area (Å²) >= 11 is 0. The van der Waals surface area contributed by atoms with Gasteiger partial charge in [0.15, 0.2) is 24.4 Å². The Kier molecular flexibility index (Phi) is 5.20. The normalized spacial score (nSPS) is 25.2. The molecular weight excluding hydrogens is 299 g/mol. The largest absolute Gasteiger partial charge is 0.870 e. The van der Waals surface area contributed by atoms with Crippen LogP contribution in [-0.2, 0) is 33.1 Å². The molecule has 1 fully saturated rings. The standard InChI is InChI=1S/C8H9BO12/c10-1(5(14)15)2(11)6(16)19-9-20-7(17)3(12)4(13)8(18)21-9/h1-4,10-13H,(H,14,15). The van der Waals surface area contributed by atoms with Crippen LogP contribution in [0.15, 0.2) is 0 Å². The van der Waals surface area contributed by atoms with E-state index in [0.29, 0.717) is 0 Å². The molecule has 1 heterocycles. The number of aliphatic hydroxyl groups is 4. The quantitative estimate of drug-likeness (QED) is 0.311. The molecule has 116 valence electrons. The molecule has 0 saturated carbocycles. The highest BCUT2D eigenvalue weighted by molar-refractivity contribution is 6.45. The number of rotatable bonds is 4. The van der Waals surface area contributed by atoms with Gasteiger partial charge in [-0.2, -0.15) is 0 Å². The summed E-state index contributed by atoms with van der Waals surface area (Å²) in [6.45, 7) is 0. The summed E-state index contributed by atoms with van der Waals surface area (Å²) < 4.78 is 12.4. The van der Waals surface area contributed by atoms with Gasteiger partial charge in [0.25, 0.3) is 0 Å². The molecule has 5 N–H and O–H groups in total. The number of hydrogen-bond donors (Lipinski definition) is 5. The zero-order valence-electron chi connectivity index (χ0n) is 9.98. The molecule has 0 amide bonds. The van der Waals surface area contributed by atoms with Crippen LogP contribution in [-0.4, -0.2) is 81.1 Å². The molecule has 0 aromatic rings. The lowest BCUT2D eigenvalue weighted by molar-refractivity contribution is -0.167. The lowest BCUT2D eigenvalue weighted by Crippen LogP contribution is -2.44. The highest BCUT2D eigenvalue weighted by Crippen LogP contribution is 2.10. The van der Waals surface area contributed by atoms with Gasteiger partial charge in [-0.05, 0) is 0 Å². The summed E-state index contributed by atoms with van der Waals surface area (Å²) in [5.74, 6) is -6.87. The van der Waals surface area contributed by atoms with E-state index in [2.05, 4.69) is 14.0 Å². The Morgan fingerprint density at radius 3 is 1.86 bits per heavy atom. The number of aliphatic carboxylic acids is 1. The summed E-state index contributed by atoms with van der Waals surface area (Å²) in [5, 5.41) is 44.5. The molecule has 12 nitrogen and oxygen atoms in total. The van der Waals surface area contributed by atoms with Crippen molar-refractivity contribution in [3.63, 3.8) is 0 Å². The number of carboxylic acid groups (broad SMARTS) is 1. The summed E-state index contributed by atoms with van der Waals surface area (Å²) in [7, 11) is -2.38. The van der Waals surface area contributed by atoms with Crippen LogP contribution < -0.4 is 0 Å². The third kappa shape index (κ3) is 3.88. The average Bonchev–Trinajstić information content (AvgIpc) is 2.50. The Bertz CT molecular complexity index is 440. The lowest BCUT2D eigenvalue weighted by Gasteiger charge is -2.15. The molecule has 21 heavy (non-hydrogen) atoms. The Labute approximate surface area is 115 Å². The molecule has 0 aromatic carbocycles. The lowest BCUT2D eigenvalue weighted by atomic mass is 10.1. The first-order valence-corrected chi connectivity index (χ1v) is 5.21. The number of carbonyl (C=O) groups excluding carboxylic acids is 3. The summed E-state index contributed by atoms with van der Waals surface area (Å²) in [4.78, 5) is 43.8. The van der Waals surface area contributed by atoms with Crippen molar-refractivity contribution in [2.75, 3.05) is 0 Å². The third-order valence-corrected chi connectivity index (χ3v) is 2.21. The van der Waals surface area contributed by atoms with E-state index in [1.807, 2.05) is 0 Å². The highest BCUT2D eigenvalue weighted by atomic mass is 16.8. The fraction of sp³-hybridized carbons (Fsp3) is 0.500. The van der Waals surface area contributed by atoms with Gasteiger partial charge < -0.3 is 39.5 Å². The number of hydrogen-bond acceptors (Lipinski definition) is 11. The van der Waals surface area contributed by atoms with Crippen molar-refractivity contribution >= 4 is 31.2 Å². The summed E-state index contributed by atoms with van der Waals surface area (Å²) in [6, 6.07) is 0. The van der Waals surface area contributed by atoms with Crippen molar-refractivity contribution in [2.24, 2.45) is 0 Å². The van der Waals surface area contributed by atoms with Crippen LogP contribution in [0.1, 0.15) is 0 Å². The van der Waals surface area contributed by atoms with Gasteiger partial charge in [-0.3, -0.25) is 14.4 Å². The molecule has 0 bridgehead atoms. The molecule has 13 heteroatoms. The van der Waals surface area contributed by atoms with Gasteiger partial charge in [0.1, 0.15) is 0 Å². The summed E-state index contributed by atoms with van der Waals surface area (Å²) in [6.07, 6.45) is -9.66. The van der Waals surface area contributed by atoms with Crippen molar-refractivity contribution in [1.82, 2.24) is 0 Å². The molecule has 1 saturated heterocycles. The fourth-order valence-corrected chi connectivity index (χ4v) is 1.09. The first kappa shape index (κ1) is 16.8. The van der Waals surface area contributed by atoms with E-state index in [9.17, 15) is 19.2 Å². The van der Waals surface area contributed by atoms with E-state index < -0.39 is 55.6 Å². The van der Waals surface area contributed by atoms with Gasteiger partial charge in [0.05, 0.1) is 0 Å². The van der Waals surface area contributed by atoms with Gasteiger partial charge in [-0.25, -0.2) is 4.79 Å². The van der Waals surface area contributed by atoms with E-state index in [1.165, 1.54) is 0 Å². The van der Waals surface area contributed by atoms with Crippen LogP contribution in [0.4, 0.5) is 0 Å². The van der Waals surface area contributed by atoms with Gasteiger partial charge in [0, 0.05) is 0 Å². The maximum absolute atomic E-state index is 11.2. The maximum Gasteiger partial charge on any atom is 0.870 e. The first-order valence-electron chi connectivity index (χ1n) is 5.21. The van der Waals surface area contributed by atoms with Gasteiger partial charge in [-0.1, -0.05) is 0 Å². The Morgan fingerprint density at radius 2 is 1.48 bits per heavy atom. The molecule has 0 aromatic heterocycles. The van der Waals surface area contributed by atoms with Crippen LogP contribution in [0, 0.1) is 0 Å². The Balaban J connectivity index is 2.74. The van der Waals surface area contributed by atoms with Crippen molar-refractivity contribution in [3.8, 4) is 0 Å². The predicted molar refractivity (Wildman–Crippen MR) is 55.7 cm³/mol. The first-order chi connectivity index (χ1) is 9.65. The molecule has 4 unspecified atom stereocenters. The van der Waals surface area contributed by atoms with Crippen molar-refractivity contribution in [1.29, 1.82) is 0 Å². The van der Waals surface area contributed by atoms with Crippen LogP contribution >= 0.6 is 0 Å². The van der Waals surface area contributed by atoms with Crippen molar-refractivity contribution < 1.29 is 58.7 Å². The van der Waals surface area contributed by atoms with E-state index in [4.69, 9.17) is 25.5 Å². The number of carbonyl (C=O) groups is 4. The smallest absolute Gasteiger partial charge is 0.479 e. The van der Waals surface area contributed by atoms with Gasteiger partial charge in [-0.15, -0.1) is 0 Å². The van der Waals surface area contributed by atoms with Crippen LogP contribution in [0.25, 0.3) is 0 Å². The van der Waals surface area contributed by atoms with Crippen LogP contribution in [0.3, 0.4) is 0 Å². The van der Waals surface area contributed by atoms with Crippen LogP contribution in [0.5, 0.6) is 0 Å². The molecule has 4 atom stereocenters. The average molecular weight is 308 g/mol. The SMILES string of the molecule is O=C(O)C(O)C(O)C(=O)OB1OC(=O)C(O)C(O)C(=O)O1. The third-order valence-electron chi connectivity index (χ3n) is 2.21. The van der Waals surface area contributed by atoms with Crippen molar-refractivity contribution in [2.45, 2.75) is 24.4 Å². The Hall–Kier alpha value is -2.22. The topological polar surface area (TPSA) is 197 Å². The van der Waals surface area contributed by atoms with Gasteiger partial charge in [0.2, 0.25) is 0 Å². The maximum atomic E-state index is 11.2. The molecular formula is C8H9BO12. The minimum Gasteiger partial charge on any atom is -0.479 e. The zero-order chi connectivity index (χ0) is 16.3. The minimum atomic E-state index is -2.56. The summed E-state index contributed by atoms with van der Waals surface area (Å²) in [5.41, 5.74) is 0. The molecule has 1 aliphatic heterocycles. The van der Waals surface area contributed by atoms with E-state index in [1.54, 1.807) is 0 Å². The second-order valence-corrected chi connectivity index (χ2v) is 3.72. The Morgan fingerprint density at radius 1 is 1.05 bits per heavy atom. The second-order valence-electron chi connectivity index (χ2n) is 3.72. The fourth-order valence-electron chi connectivity index (χ4n) is 1.09. The number of aliphatic hydroxyl groups excluding tert-OH is 4. The zero-order valence-corrected chi connectivity index (χ0v) is 9.98.